The van der Waals surface area contributed by atoms with Gasteiger partial charge in [0.15, 0.2) is 0 Å². The van der Waals surface area contributed by atoms with E-state index in [4.69, 9.17) is 11.4 Å². The van der Waals surface area contributed by atoms with Gasteiger partial charge in [-0.25, -0.2) is 11.0 Å². The van der Waals surface area contributed by atoms with E-state index in [0.29, 0.717) is 13.2 Å². The number of nitrogens with two attached hydrogens (primary N) is 1. The Morgan fingerprint density at radius 3 is 2.88 bits per heavy atom. The standard InChI is InChI=1S/C3H10N4O/c1-8-3-2-7(5)6-4/h4H,2-3,5H2,1H3. The van der Waals surface area contributed by atoms with Crippen LogP contribution in [0.15, 0.2) is 5.22 Å². The summed E-state index contributed by atoms with van der Waals surface area (Å²) in [6.07, 6.45) is 0. The van der Waals surface area contributed by atoms with Crippen LogP contribution in [0.1, 0.15) is 0 Å². The summed E-state index contributed by atoms with van der Waals surface area (Å²) >= 11 is 0. The van der Waals surface area contributed by atoms with Gasteiger partial charge < -0.3 is 4.74 Å². The smallest absolute Gasteiger partial charge is 0.0781 e. The van der Waals surface area contributed by atoms with Gasteiger partial charge in [-0.1, -0.05) is 5.22 Å². The first kappa shape index (κ1) is 7.32. The lowest BCUT2D eigenvalue weighted by Gasteiger charge is -2.06. The van der Waals surface area contributed by atoms with Gasteiger partial charge in [0.1, 0.15) is 0 Å². The predicted molar refractivity (Wildman–Crippen MR) is 27.9 cm³/mol. The summed E-state index contributed by atoms with van der Waals surface area (Å²) in [6, 6.07) is 0. The maximum atomic E-state index is 6.36. The van der Waals surface area contributed by atoms with Gasteiger partial charge in [0.2, 0.25) is 0 Å². The van der Waals surface area contributed by atoms with E-state index in [2.05, 4.69) is 9.96 Å². The van der Waals surface area contributed by atoms with Crippen molar-refractivity contribution in [2.45, 2.75) is 0 Å². The maximum absolute atomic E-state index is 6.36. The lowest BCUT2D eigenvalue weighted by atomic mass is 10.7. The molecule has 0 aliphatic rings. The molecule has 48 valence electrons. The largest absolute Gasteiger partial charge is 0.383 e. The monoisotopic (exact) mass is 118 g/mol. The third-order valence-corrected chi connectivity index (χ3v) is 0.653. The minimum Gasteiger partial charge on any atom is -0.383 e. The number of ether oxygens (including phenoxy) is 1. The van der Waals surface area contributed by atoms with Gasteiger partial charge in [-0.15, -0.1) is 0 Å². The maximum Gasteiger partial charge on any atom is 0.0781 e. The van der Waals surface area contributed by atoms with Crippen LogP contribution in [0.3, 0.4) is 0 Å². The highest BCUT2D eigenvalue weighted by molar-refractivity contribution is 4.32. The Morgan fingerprint density at radius 1 is 1.88 bits per heavy atom. The second kappa shape index (κ2) is 4.48. The summed E-state index contributed by atoms with van der Waals surface area (Å²) in [4.78, 5) is 0. The topological polar surface area (TPSA) is 74.7 Å². The van der Waals surface area contributed by atoms with Crippen molar-refractivity contribution in [2.24, 2.45) is 11.1 Å². The zero-order valence-corrected chi connectivity index (χ0v) is 4.79. The molecular weight excluding hydrogens is 108 g/mol. The number of hydrogen-bond donors (Lipinski definition) is 2. The van der Waals surface area contributed by atoms with Crippen molar-refractivity contribution < 1.29 is 4.74 Å². The van der Waals surface area contributed by atoms with E-state index in [1.54, 1.807) is 7.11 Å². The van der Waals surface area contributed by atoms with Crippen LogP contribution in [-0.2, 0) is 4.74 Å². The number of hydrogen-bond acceptors (Lipinski definition) is 4. The molecule has 0 fully saturated rings. The van der Waals surface area contributed by atoms with Crippen molar-refractivity contribution in [3.8, 4) is 0 Å². The van der Waals surface area contributed by atoms with Gasteiger partial charge in [-0.05, 0) is 0 Å². The van der Waals surface area contributed by atoms with Crippen LogP contribution >= 0.6 is 0 Å². The molecule has 0 rings (SSSR count). The molecule has 0 atom stereocenters. The van der Waals surface area contributed by atoms with E-state index >= 15 is 0 Å². The van der Waals surface area contributed by atoms with Crippen molar-refractivity contribution in [3.05, 3.63) is 0 Å². The van der Waals surface area contributed by atoms with Crippen molar-refractivity contribution >= 4 is 0 Å². The molecule has 0 aliphatic heterocycles. The van der Waals surface area contributed by atoms with Crippen molar-refractivity contribution in [2.75, 3.05) is 20.3 Å². The minimum atomic E-state index is 0.458. The fourth-order valence-corrected chi connectivity index (χ4v) is 0.235. The highest BCUT2D eigenvalue weighted by Gasteiger charge is 1.88. The van der Waals surface area contributed by atoms with E-state index in [0.717, 1.165) is 5.12 Å². The number of rotatable bonds is 4. The highest BCUT2D eigenvalue weighted by atomic mass is 16.5. The van der Waals surface area contributed by atoms with Crippen LogP contribution in [-0.4, -0.2) is 25.4 Å². The van der Waals surface area contributed by atoms with E-state index in [9.17, 15) is 0 Å². The fraction of sp³-hybridized carbons (Fsp3) is 1.00. The molecule has 3 N–H and O–H groups in total. The Hall–Kier alpha value is -0.680. The lowest BCUT2D eigenvalue weighted by molar-refractivity contribution is 0.144. The first-order valence-electron chi connectivity index (χ1n) is 2.19. The van der Waals surface area contributed by atoms with Crippen molar-refractivity contribution in [1.82, 2.24) is 5.12 Å². The Balaban J connectivity index is 2.98. The second-order valence-corrected chi connectivity index (χ2v) is 1.26. The SMILES string of the molecule is COCCN(N)N=N. The summed E-state index contributed by atoms with van der Waals surface area (Å²) in [5, 5.41) is 3.91. The molecule has 0 spiro atoms. The minimum absolute atomic E-state index is 0.458. The molecule has 0 aromatic heterocycles. The summed E-state index contributed by atoms with van der Waals surface area (Å²) in [7, 11) is 1.57. The normalized spacial score (nSPS) is 8.75. The van der Waals surface area contributed by atoms with Gasteiger partial charge in [0, 0.05) is 7.11 Å². The lowest BCUT2D eigenvalue weighted by Crippen LogP contribution is -2.27. The van der Waals surface area contributed by atoms with Crippen molar-refractivity contribution in [3.63, 3.8) is 0 Å². The Kier molecular flexibility index (Phi) is 4.10. The molecule has 0 radical (unpaired) electrons. The highest BCUT2D eigenvalue weighted by Crippen LogP contribution is 1.75. The van der Waals surface area contributed by atoms with Gasteiger partial charge >= 0.3 is 0 Å². The summed E-state index contributed by atoms with van der Waals surface area (Å²) in [5.74, 6) is 5.06. The molecule has 0 amide bonds. The van der Waals surface area contributed by atoms with Gasteiger partial charge in [-0.3, -0.25) is 0 Å². The van der Waals surface area contributed by atoms with E-state index < -0.39 is 0 Å². The van der Waals surface area contributed by atoms with Crippen LogP contribution in [0.25, 0.3) is 0 Å². The molecule has 0 heterocycles. The number of nitrogens with one attached hydrogen (secondary N) is 1. The molecule has 0 aliphatic carbocycles. The third kappa shape index (κ3) is 3.51. The molecule has 0 bridgehead atoms. The van der Waals surface area contributed by atoms with Crippen LogP contribution in [0.4, 0.5) is 0 Å². The van der Waals surface area contributed by atoms with E-state index in [1.807, 2.05) is 0 Å². The first-order valence-corrected chi connectivity index (χ1v) is 2.19. The fourth-order valence-electron chi connectivity index (χ4n) is 0.235. The van der Waals surface area contributed by atoms with Crippen molar-refractivity contribution in [1.29, 1.82) is 5.53 Å². The zero-order chi connectivity index (χ0) is 6.41. The summed E-state index contributed by atoms with van der Waals surface area (Å²) < 4.78 is 4.65. The van der Waals surface area contributed by atoms with Crippen LogP contribution in [0.2, 0.25) is 0 Å². The Bertz CT molecular complexity index is 66.3. The van der Waals surface area contributed by atoms with Gasteiger partial charge in [-0.2, -0.15) is 5.53 Å². The third-order valence-electron chi connectivity index (χ3n) is 0.653. The van der Waals surface area contributed by atoms with E-state index in [-0.39, 0.29) is 0 Å². The van der Waals surface area contributed by atoms with Gasteiger partial charge in [0.05, 0.1) is 13.2 Å². The van der Waals surface area contributed by atoms with Crippen LogP contribution in [0.5, 0.6) is 0 Å². The molecule has 0 aromatic rings. The molecular formula is C3H10N4O. The van der Waals surface area contributed by atoms with Crippen LogP contribution in [0, 0.1) is 5.53 Å². The second-order valence-electron chi connectivity index (χ2n) is 1.26. The Morgan fingerprint density at radius 2 is 2.50 bits per heavy atom. The Labute approximate surface area is 47.9 Å². The molecule has 5 nitrogen and oxygen atoms in total. The summed E-state index contributed by atoms with van der Waals surface area (Å²) in [6.45, 7) is 0.957. The van der Waals surface area contributed by atoms with E-state index in [1.165, 1.54) is 0 Å². The average Bonchev–Trinajstić information content (AvgIpc) is 1.83. The molecule has 0 unspecified atom stereocenters. The number of methoxy groups -OCH3 is 1. The molecule has 8 heavy (non-hydrogen) atoms. The quantitative estimate of drug-likeness (QED) is 0.304. The number of hydrazine groups is 1. The average molecular weight is 118 g/mol. The van der Waals surface area contributed by atoms with Crippen LogP contribution < -0.4 is 5.84 Å². The summed E-state index contributed by atoms with van der Waals surface area (Å²) in [5.41, 5.74) is 6.36. The zero-order valence-electron chi connectivity index (χ0n) is 4.79. The molecule has 0 aromatic carbocycles. The molecule has 0 saturated heterocycles. The first-order chi connectivity index (χ1) is 3.81. The molecule has 5 heteroatoms. The molecule has 0 saturated carbocycles. The predicted octanol–water partition coefficient (Wildman–Crippen LogP) is -0.246. The van der Waals surface area contributed by atoms with Gasteiger partial charge in [0.25, 0.3) is 0 Å². The number of nitrogens with zero attached hydrogens (tertiary/aromatic N) is 2.